The minimum atomic E-state index is -0.595. The molecule has 220 valence electrons. The Morgan fingerprint density at radius 2 is 1.76 bits per heavy atom. The smallest absolute Gasteiger partial charge is 0.410 e. The van der Waals surface area contributed by atoms with E-state index >= 15 is 0 Å². The number of nitrogens with one attached hydrogen (secondary N) is 1. The van der Waals surface area contributed by atoms with Gasteiger partial charge in [-0.15, -0.1) is 0 Å². The number of ether oxygens (including phenoxy) is 1. The van der Waals surface area contributed by atoms with E-state index in [0.29, 0.717) is 42.6 Å². The number of aromatic nitrogens is 2. The number of hydrogen-bond donors (Lipinski definition) is 1. The Morgan fingerprint density at radius 3 is 2.41 bits per heavy atom. The van der Waals surface area contributed by atoms with Crippen molar-refractivity contribution >= 4 is 40.2 Å². The minimum absolute atomic E-state index is 0.112. The fraction of sp³-hybridized carbons (Fsp3) is 0.467. The highest BCUT2D eigenvalue weighted by Gasteiger charge is 2.25. The van der Waals surface area contributed by atoms with Crippen molar-refractivity contribution in [3.63, 3.8) is 0 Å². The van der Waals surface area contributed by atoms with Gasteiger partial charge in [0, 0.05) is 43.0 Å². The van der Waals surface area contributed by atoms with E-state index < -0.39 is 22.5 Å². The summed E-state index contributed by atoms with van der Waals surface area (Å²) in [5.74, 6) is -0.743. The van der Waals surface area contributed by atoms with Gasteiger partial charge in [-0.25, -0.2) is 14.2 Å². The lowest BCUT2D eigenvalue weighted by molar-refractivity contribution is -0.123. The zero-order valence-corrected chi connectivity index (χ0v) is 25.1. The van der Waals surface area contributed by atoms with Gasteiger partial charge < -0.3 is 19.9 Å². The lowest BCUT2D eigenvalue weighted by Crippen LogP contribution is -2.43. The quantitative estimate of drug-likeness (QED) is 0.451. The van der Waals surface area contributed by atoms with Gasteiger partial charge in [0.15, 0.2) is 0 Å². The first-order chi connectivity index (χ1) is 19.1. The Balaban J connectivity index is 1.71. The van der Waals surface area contributed by atoms with Crippen molar-refractivity contribution in [2.75, 3.05) is 31.1 Å². The second-order valence-electron chi connectivity index (χ2n) is 12.3. The molecule has 41 heavy (non-hydrogen) atoms. The lowest BCUT2D eigenvalue weighted by atomic mass is 10.1. The van der Waals surface area contributed by atoms with Gasteiger partial charge in [0.1, 0.15) is 23.8 Å². The number of halogens is 2. The molecule has 4 rings (SSSR count). The second kappa shape index (κ2) is 11.7. The molecule has 0 spiro atoms. The van der Waals surface area contributed by atoms with E-state index in [1.807, 2.05) is 47.6 Å². The summed E-state index contributed by atoms with van der Waals surface area (Å²) in [6.07, 6.45) is 0.392. The Bertz CT molecular complexity index is 1530. The van der Waals surface area contributed by atoms with Gasteiger partial charge >= 0.3 is 6.09 Å². The molecule has 1 aliphatic heterocycles. The average Bonchev–Trinajstić information content (AvgIpc) is 3.12. The summed E-state index contributed by atoms with van der Waals surface area (Å²) in [4.78, 5) is 47.9. The number of carbonyl (C=O) groups excluding carboxylic acids is 2. The highest BCUT2D eigenvalue weighted by Crippen LogP contribution is 2.27. The molecule has 11 heteroatoms. The number of carbonyl (C=O) groups is 2. The first-order valence-electron chi connectivity index (χ1n) is 13.7. The average molecular weight is 586 g/mol. The van der Waals surface area contributed by atoms with E-state index in [1.165, 1.54) is 22.8 Å². The number of nitrogens with zero attached hydrogens (tertiary/aromatic N) is 4. The van der Waals surface area contributed by atoms with Gasteiger partial charge in [0.25, 0.3) is 5.56 Å². The molecule has 0 atom stereocenters. The Labute approximate surface area is 244 Å². The van der Waals surface area contributed by atoms with Gasteiger partial charge in [-0.05, 0) is 84.4 Å². The Kier molecular flexibility index (Phi) is 8.63. The van der Waals surface area contributed by atoms with Crippen LogP contribution in [0.3, 0.4) is 0 Å². The summed E-state index contributed by atoms with van der Waals surface area (Å²) in [5.41, 5.74) is 0.185. The molecule has 0 saturated carbocycles. The molecule has 1 saturated heterocycles. The number of benzene rings is 2. The topological polar surface area (TPSA) is 96.8 Å². The third kappa shape index (κ3) is 7.55. The molecular weight excluding hydrogens is 549 g/mol. The van der Waals surface area contributed by atoms with E-state index in [4.69, 9.17) is 21.3 Å². The number of fused-ring (bicyclic) bond motifs is 1. The zero-order chi connectivity index (χ0) is 30.1. The zero-order valence-electron chi connectivity index (χ0n) is 24.4. The maximum Gasteiger partial charge on any atom is 0.410 e. The molecule has 0 bridgehead atoms. The van der Waals surface area contributed by atoms with Crippen LogP contribution in [0.1, 0.15) is 48.0 Å². The molecule has 2 aromatic carbocycles. The van der Waals surface area contributed by atoms with E-state index in [0.717, 1.165) is 12.1 Å². The summed E-state index contributed by atoms with van der Waals surface area (Å²) in [6, 6.07) is 9.50. The van der Waals surface area contributed by atoms with E-state index in [1.54, 1.807) is 17.0 Å². The van der Waals surface area contributed by atoms with Crippen molar-refractivity contribution in [3.05, 3.63) is 57.6 Å². The number of hydrogen-bond acceptors (Lipinski definition) is 6. The first-order valence-corrected chi connectivity index (χ1v) is 14.0. The first kappa shape index (κ1) is 30.3. The number of anilines is 1. The summed E-state index contributed by atoms with van der Waals surface area (Å²) < 4.78 is 20.7. The molecule has 3 aromatic rings. The van der Waals surface area contributed by atoms with E-state index in [9.17, 15) is 18.8 Å². The molecule has 0 radical (unpaired) electrons. The normalized spacial score (nSPS) is 14.6. The second-order valence-corrected chi connectivity index (χ2v) is 12.7. The minimum Gasteiger partial charge on any atom is -0.444 e. The standard InChI is InChI=1S/C30H37ClFN5O4/c1-29(2,3)34-25(38)18-37-26(19-8-10-23(32)22(31)16-19)33-24-11-9-20(17-21(24)27(37)39)35-12-7-13-36(15-14-35)28(40)41-30(4,5)6/h8-11,16-17H,7,12-15,18H2,1-6H3,(H,34,38). The van der Waals surface area contributed by atoms with Crippen LogP contribution in [0.15, 0.2) is 41.2 Å². The molecule has 1 N–H and O–H groups in total. The highest BCUT2D eigenvalue weighted by molar-refractivity contribution is 6.31. The Hall–Kier alpha value is -3.66. The van der Waals surface area contributed by atoms with Crippen molar-refractivity contribution in [2.24, 2.45) is 0 Å². The summed E-state index contributed by atoms with van der Waals surface area (Å²) in [7, 11) is 0. The fourth-order valence-corrected chi connectivity index (χ4v) is 4.87. The summed E-state index contributed by atoms with van der Waals surface area (Å²) in [5, 5.41) is 3.11. The molecule has 2 heterocycles. The van der Waals surface area contributed by atoms with Crippen LogP contribution in [0.25, 0.3) is 22.3 Å². The van der Waals surface area contributed by atoms with Crippen molar-refractivity contribution in [2.45, 2.75) is 65.6 Å². The van der Waals surface area contributed by atoms with Crippen molar-refractivity contribution < 1.29 is 18.7 Å². The van der Waals surface area contributed by atoms with Crippen LogP contribution in [0, 0.1) is 5.82 Å². The molecule has 0 aliphatic carbocycles. The van der Waals surface area contributed by atoms with Crippen molar-refractivity contribution in [3.8, 4) is 11.4 Å². The number of rotatable bonds is 4. The molecule has 9 nitrogen and oxygen atoms in total. The molecule has 2 amide bonds. The van der Waals surface area contributed by atoms with Gasteiger partial charge in [0.05, 0.1) is 15.9 Å². The van der Waals surface area contributed by atoms with Crippen LogP contribution in [-0.2, 0) is 16.1 Å². The Morgan fingerprint density at radius 1 is 1.02 bits per heavy atom. The molecule has 0 unspecified atom stereocenters. The monoisotopic (exact) mass is 585 g/mol. The fourth-order valence-electron chi connectivity index (χ4n) is 4.69. The summed E-state index contributed by atoms with van der Waals surface area (Å²) in [6.45, 7) is 13.1. The number of amides is 2. The van der Waals surface area contributed by atoms with Crippen LogP contribution in [0.2, 0.25) is 5.02 Å². The molecule has 1 fully saturated rings. The predicted octanol–water partition coefficient (Wildman–Crippen LogP) is 5.22. The van der Waals surface area contributed by atoms with Gasteiger partial charge in [-0.2, -0.15) is 0 Å². The maximum absolute atomic E-state index is 13.9. The van der Waals surface area contributed by atoms with Gasteiger partial charge in [-0.3, -0.25) is 14.2 Å². The third-order valence-electron chi connectivity index (χ3n) is 6.44. The largest absolute Gasteiger partial charge is 0.444 e. The maximum atomic E-state index is 13.9. The molecule has 1 aliphatic rings. The van der Waals surface area contributed by atoms with E-state index in [2.05, 4.69) is 10.2 Å². The SMILES string of the molecule is CC(C)(C)NC(=O)Cn1c(-c2ccc(F)c(Cl)c2)nc2ccc(N3CCCN(C(=O)OC(C)(C)C)CC3)cc2c1=O. The molecular formula is C30H37ClFN5O4. The highest BCUT2D eigenvalue weighted by atomic mass is 35.5. The van der Waals surface area contributed by atoms with Crippen LogP contribution in [0.5, 0.6) is 0 Å². The van der Waals surface area contributed by atoms with E-state index in [-0.39, 0.29) is 29.4 Å². The summed E-state index contributed by atoms with van der Waals surface area (Å²) >= 11 is 6.04. The molecule has 1 aromatic heterocycles. The van der Waals surface area contributed by atoms with Crippen molar-refractivity contribution in [1.82, 2.24) is 19.8 Å². The van der Waals surface area contributed by atoms with Gasteiger partial charge in [-0.1, -0.05) is 11.6 Å². The van der Waals surface area contributed by atoms with Gasteiger partial charge in [0.2, 0.25) is 5.91 Å². The van der Waals surface area contributed by atoms with Crippen molar-refractivity contribution in [1.29, 1.82) is 0 Å². The third-order valence-corrected chi connectivity index (χ3v) is 6.73. The van der Waals surface area contributed by atoms with Crippen LogP contribution >= 0.6 is 11.6 Å². The van der Waals surface area contributed by atoms with Crippen LogP contribution in [-0.4, -0.2) is 63.8 Å². The van der Waals surface area contributed by atoms with Crippen LogP contribution in [0.4, 0.5) is 14.9 Å². The predicted molar refractivity (Wildman–Crippen MR) is 159 cm³/mol. The lowest BCUT2D eigenvalue weighted by Gasteiger charge is -2.27. The van der Waals surface area contributed by atoms with Crippen LogP contribution < -0.4 is 15.8 Å².